The minimum atomic E-state index is -4.54. The van der Waals surface area contributed by atoms with E-state index in [1.165, 1.54) is 20.3 Å². The number of ether oxygens (including phenoxy) is 2. The maximum atomic E-state index is 13.4. The Bertz CT molecular complexity index is 924. The number of nitrogens with zero attached hydrogens (tertiary/aromatic N) is 1. The van der Waals surface area contributed by atoms with Gasteiger partial charge >= 0.3 is 6.18 Å². The van der Waals surface area contributed by atoms with Crippen LogP contribution < -0.4 is 9.47 Å². The molecule has 0 radical (unpaired) electrons. The largest absolute Gasteiger partial charge is 0.497 e. The van der Waals surface area contributed by atoms with Crippen LogP contribution in [0.1, 0.15) is 5.69 Å². The normalized spacial score (nSPS) is 11.6. The van der Waals surface area contributed by atoms with Crippen molar-refractivity contribution in [2.45, 2.75) is 6.18 Å². The van der Waals surface area contributed by atoms with E-state index < -0.39 is 11.9 Å². The molecule has 3 aromatic rings. The van der Waals surface area contributed by atoms with E-state index in [1.54, 1.807) is 59.0 Å². The van der Waals surface area contributed by atoms with E-state index in [0.29, 0.717) is 28.0 Å². The highest BCUT2D eigenvalue weighted by Crippen LogP contribution is 2.41. The van der Waals surface area contributed by atoms with E-state index in [9.17, 15) is 13.2 Å². The van der Waals surface area contributed by atoms with E-state index in [0.717, 1.165) is 0 Å². The highest BCUT2D eigenvalue weighted by atomic mass is 127. The smallest absolute Gasteiger partial charge is 0.434 e. The van der Waals surface area contributed by atoms with Gasteiger partial charge in [-0.1, -0.05) is 12.1 Å². The standard InChI is InChI=1S/C18H13F3INO2/c1-24-11-5-3-10(4-6-11)15-13-9-12(25-2)7-8-14(13)23-17(16(15)22)18(19,20)21/h3-9H,1-2H3. The fraction of sp³-hybridized carbons (Fsp3) is 0.167. The van der Waals surface area contributed by atoms with Gasteiger partial charge in [0.25, 0.3) is 0 Å². The Hall–Kier alpha value is -2.03. The molecule has 0 N–H and O–H groups in total. The first-order valence-corrected chi connectivity index (χ1v) is 8.32. The molecule has 0 saturated carbocycles. The molecule has 0 fully saturated rings. The second-order valence-electron chi connectivity index (χ2n) is 5.26. The van der Waals surface area contributed by atoms with Crippen LogP contribution in [0.15, 0.2) is 42.5 Å². The molecule has 0 aliphatic carbocycles. The summed E-state index contributed by atoms with van der Waals surface area (Å²) in [5.74, 6) is 1.19. The molecule has 7 heteroatoms. The lowest BCUT2D eigenvalue weighted by molar-refractivity contribution is -0.141. The lowest BCUT2D eigenvalue weighted by Crippen LogP contribution is -2.12. The summed E-state index contributed by atoms with van der Waals surface area (Å²) in [6.07, 6.45) is -4.54. The minimum Gasteiger partial charge on any atom is -0.497 e. The Morgan fingerprint density at radius 1 is 0.920 bits per heavy atom. The molecule has 0 aliphatic rings. The molecule has 0 atom stereocenters. The second kappa shape index (κ2) is 6.70. The summed E-state index contributed by atoms with van der Waals surface area (Å²) in [7, 11) is 3.05. The van der Waals surface area contributed by atoms with Crippen LogP contribution in [0.5, 0.6) is 11.5 Å². The van der Waals surface area contributed by atoms with Gasteiger partial charge in [-0.25, -0.2) is 4.98 Å². The summed E-state index contributed by atoms with van der Waals surface area (Å²) in [4.78, 5) is 3.83. The van der Waals surface area contributed by atoms with E-state index in [-0.39, 0.29) is 9.09 Å². The van der Waals surface area contributed by atoms with Crippen molar-refractivity contribution in [1.29, 1.82) is 0 Å². The number of benzene rings is 2. The Kier molecular flexibility index (Phi) is 4.77. The molecule has 0 amide bonds. The van der Waals surface area contributed by atoms with Gasteiger partial charge < -0.3 is 9.47 Å². The van der Waals surface area contributed by atoms with Gasteiger partial charge in [0.2, 0.25) is 0 Å². The third-order valence-electron chi connectivity index (χ3n) is 3.78. The quantitative estimate of drug-likeness (QED) is 0.482. The molecule has 1 heterocycles. The van der Waals surface area contributed by atoms with Crippen LogP contribution in [0, 0.1) is 3.57 Å². The highest BCUT2D eigenvalue weighted by Gasteiger charge is 2.37. The van der Waals surface area contributed by atoms with Crippen LogP contribution in [-0.2, 0) is 6.18 Å². The molecule has 130 valence electrons. The summed E-state index contributed by atoms with van der Waals surface area (Å²) >= 11 is 1.70. The number of pyridine rings is 1. The Balaban J connectivity index is 2.37. The summed E-state index contributed by atoms with van der Waals surface area (Å²) in [5.41, 5.74) is 0.492. The van der Waals surface area contributed by atoms with Gasteiger partial charge in [0, 0.05) is 10.9 Å². The van der Waals surface area contributed by atoms with Crippen molar-refractivity contribution in [2.24, 2.45) is 0 Å². The number of rotatable bonds is 3. The molecular formula is C18H13F3INO2. The van der Waals surface area contributed by atoms with Crippen LogP contribution in [0.3, 0.4) is 0 Å². The number of hydrogen-bond acceptors (Lipinski definition) is 3. The SMILES string of the molecule is COc1ccc(-c2c(I)c(C(F)(F)F)nc3ccc(OC)cc23)cc1. The fourth-order valence-corrected chi connectivity index (χ4v) is 3.60. The topological polar surface area (TPSA) is 31.4 Å². The van der Waals surface area contributed by atoms with Crippen LogP contribution in [0.2, 0.25) is 0 Å². The average Bonchev–Trinajstić information content (AvgIpc) is 2.60. The maximum Gasteiger partial charge on any atom is 0.434 e. The summed E-state index contributed by atoms with van der Waals surface area (Å²) in [6, 6.07) is 11.7. The average molecular weight is 459 g/mol. The van der Waals surface area contributed by atoms with Crippen molar-refractivity contribution in [3.05, 3.63) is 51.7 Å². The van der Waals surface area contributed by atoms with Crippen molar-refractivity contribution in [3.8, 4) is 22.6 Å². The van der Waals surface area contributed by atoms with Gasteiger partial charge in [0.15, 0.2) is 5.69 Å². The lowest BCUT2D eigenvalue weighted by Gasteiger charge is -2.16. The first-order chi connectivity index (χ1) is 11.8. The zero-order valence-corrected chi connectivity index (χ0v) is 15.5. The van der Waals surface area contributed by atoms with Gasteiger partial charge in [0.1, 0.15) is 11.5 Å². The molecule has 0 unspecified atom stereocenters. The molecule has 3 rings (SSSR count). The molecule has 25 heavy (non-hydrogen) atoms. The van der Waals surface area contributed by atoms with Crippen molar-refractivity contribution >= 4 is 33.5 Å². The highest BCUT2D eigenvalue weighted by molar-refractivity contribution is 14.1. The molecule has 0 spiro atoms. The summed E-state index contributed by atoms with van der Waals surface area (Å²) < 4.78 is 50.7. The van der Waals surface area contributed by atoms with Crippen molar-refractivity contribution in [1.82, 2.24) is 4.98 Å². The Labute approximate surface area is 155 Å². The van der Waals surface area contributed by atoms with Crippen LogP contribution in [0.4, 0.5) is 13.2 Å². The van der Waals surface area contributed by atoms with E-state index in [4.69, 9.17) is 9.47 Å². The first kappa shape index (κ1) is 17.8. The number of aromatic nitrogens is 1. The van der Waals surface area contributed by atoms with E-state index in [1.807, 2.05) is 0 Å². The fourth-order valence-electron chi connectivity index (χ4n) is 2.57. The van der Waals surface area contributed by atoms with Crippen molar-refractivity contribution in [3.63, 3.8) is 0 Å². The third kappa shape index (κ3) is 3.37. The Morgan fingerprint density at radius 2 is 1.52 bits per heavy atom. The van der Waals surface area contributed by atoms with Crippen LogP contribution in [0.25, 0.3) is 22.0 Å². The number of halogens is 4. The predicted molar refractivity (Wildman–Crippen MR) is 98.0 cm³/mol. The van der Waals surface area contributed by atoms with Gasteiger partial charge in [-0.3, -0.25) is 0 Å². The monoisotopic (exact) mass is 459 g/mol. The first-order valence-electron chi connectivity index (χ1n) is 7.24. The Morgan fingerprint density at radius 3 is 2.08 bits per heavy atom. The van der Waals surface area contributed by atoms with Crippen LogP contribution >= 0.6 is 22.6 Å². The molecular weight excluding hydrogens is 446 g/mol. The van der Waals surface area contributed by atoms with Gasteiger partial charge in [-0.05, 0) is 58.5 Å². The maximum absolute atomic E-state index is 13.4. The van der Waals surface area contributed by atoms with Gasteiger partial charge in [0.05, 0.1) is 23.3 Å². The molecule has 3 nitrogen and oxygen atoms in total. The molecule has 0 aliphatic heterocycles. The van der Waals surface area contributed by atoms with Crippen molar-refractivity contribution in [2.75, 3.05) is 14.2 Å². The predicted octanol–water partition coefficient (Wildman–Crippen LogP) is 5.54. The van der Waals surface area contributed by atoms with Crippen LogP contribution in [-0.4, -0.2) is 19.2 Å². The van der Waals surface area contributed by atoms with E-state index >= 15 is 0 Å². The van der Waals surface area contributed by atoms with E-state index in [2.05, 4.69) is 4.98 Å². The van der Waals surface area contributed by atoms with Gasteiger partial charge in [-0.2, -0.15) is 13.2 Å². The number of alkyl halides is 3. The molecule has 1 aromatic heterocycles. The third-order valence-corrected chi connectivity index (χ3v) is 4.83. The number of methoxy groups -OCH3 is 2. The number of hydrogen-bond donors (Lipinski definition) is 0. The zero-order chi connectivity index (χ0) is 18.2. The molecule has 0 saturated heterocycles. The molecule has 0 bridgehead atoms. The minimum absolute atomic E-state index is 0.0519. The lowest BCUT2D eigenvalue weighted by atomic mass is 9.99. The molecule has 2 aromatic carbocycles. The zero-order valence-electron chi connectivity index (χ0n) is 13.3. The van der Waals surface area contributed by atoms with Crippen molar-refractivity contribution < 1.29 is 22.6 Å². The number of fused-ring (bicyclic) bond motifs is 1. The van der Waals surface area contributed by atoms with Gasteiger partial charge in [-0.15, -0.1) is 0 Å². The second-order valence-corrected chi connectivity index (χ2v) is 6.34. The summed E-state index contributed by atoms with van der Waals surface area (Å²) in [6.45, 7) is 0. The summed E-state index contributed by atoms with van der Waals surface area (Å²) in [5, 5.41) is 0.599.